The number of rotatable bonds is 6. The predicted molar refractivity (Wildman–Crippen MR) is 91.3 cm³/mol. The van der Waals surface area contributed by atoms with Crippen molar-refractivity contribution in [1.29, 1.82) is 0 Å². The van der Waals surface area contributed by atoms with Crippen molar-refractivity contribution in [1.82, 2.24) is 0 Å². The first-order chi connectivity index (χ1) is 10.4. The molecule has 1 aliphatic rings. The average Bonchev–Trinajstić information content (AvgIpc) is 2.45. The maximum absolute atomic E-state index is 12.8. The van der Waals surface area contributed by atoms with Crippen molar-refractivity contribution in [3.05, 3.63) is 48.0 Å². The van der Waals surface area contributed by atoms with Crippen LogP contribution in [0.4, 0.5) is 0 Å². The van der Waals surface area contributed by atoms with Crippen molar-refractivity contribution in [2.45, 2.75) is 53.1 Å². The Morgan fingerprint density at radius 1 is 1.32 bits per heavy atom. The highest BCUT2D eigenvalue weighted by atomic mass is 16.1. The molecule has 3 atom stereocenters. The number of benzene rings is 1. The summed E-state index contributed by atoms with van der Waals surface area (Å²) in [5.74, 6) is 0.946. The normalized spacial score (nSPS) is 24.9. The first-order valence-electron chi connectivity index (χ1n) is 8.47. The summed E-state index contributed by atoms with van der Waals surface area (Å²) in [5.41, 5.74) is 1.40. The molecule has 0 radical (unpaired) electrons. The van der Waals surface area contributed by atoms with Gasteiger partial charge in [-0.3, -0.25) is 4.79 Å². The number of quaternary nitrogens is 1. The van der Waals surface area contributed by atoms with Gasteiger partial charge in [0.05, 0.1) is 12.5 Å². The first kappa shape index (κ1) is 17.0. The van der Waals surface area contributed by atoms with Gasteiger partial charge in [-0.15, -0.1) is 0 Å². The number of ketones is 1. The lowest BCUT2D eigenvalue weighted by Gasteiger charge is -2.39. The van der Waals surface area contributed by atoms with E-state index in [2.05, 4.69) is 69.4 Å². The molecule has 2 heteroatoms. The molecule has 0 saturated heterocycles. The third-order valence-corrected chi connectivity index (χ3v) is 4.92. The van der Waals surface area contributed by atoms with Gasteiger partial charge < -0.3 is 5.32 Å². The van der Waals surface area contributed by atoms with Crippen LogP contribution in [0.5, 0.6) is 0 Å². The molecule has 0 bridgehead atoms. The van der Waals surface area contributed by atoms with Gasteiger partial charge in [0.2, 0.25) is 0 Å². The van der Waals surface area contributed by atoms with E-state index in [1.54, 1.807) is 0 Å². The smallest absolute Gasteiger partial charge is 0.142 e. The summed E-state index contributed by atoms with van der Waals surface area (Å²) in [6, 6.07) is 10.8. The monoisotopic (exact) mass is 300 g/mol. The fourth-order valence-electron chi connectivity index (χ4n) is 3.74. The first-order valence-corrected chi connectivity index (χ1v) is 8.47. The van der Waals surface area contributed by atoms with Gasteiger partial charge in [-0.25, -0.2) is 0 Å². The molecule has 0 spiro atoms. The SMILES string of the molecule is CC(CC(=O)C1C(C)C=CCC1(C)C)[NH2+]Cc1ccccc1. The van der Waals surface area contributed by atoms with Gasteiger partial charge >= 0.3 is 0 Å². The molecule has 0 aliphatic heterocycles. The van der Waals surface area contributed by atoms with Crippen molar-refractivity contribution in [2.24, 2.45) is 17.3 Å². The number of nitrogens with two attached hydrogens (primary N) is 1. The van der Waals surface area contributed by atoms with Gasteiger partial charge in [0.15, 0.2) is 0 Å². The number of allylic oxidation sites excluding steroid dienone is 2. The maximum atomic E-state index is 12.8. The minimum Gasteiger partial charge on any atom is -0.340 e. The number of Topliss-reactive ketones (excluding diaryl/α,β-unsaturated/α-hetero) is 1. The second-order valence-corrected chi connectivity index (χ2v) is 7.53. The predicted octanol–water partition coefficient (Wildman–Crippen LogP) is 3.34. The van der Waals surface area contributed by atoms with E-state index >= 15 is 0 Å². The Balaban J connectivity index is 1.89. The quantitative estimate of drug-likeness (QED) is 0.803. The highest BCUT2D eigenvalue weighted by Gasteiger charge is 2.39. The second kappa shape index (κ2) is 7.23. The van der Waals surface area contributed by atoms with Crippen LogP contribution in [-0.4, -0.2) is 11.8 Å². The zero-order valence-electron chi connectivity index (χ0n) is 14.4. The molecule has 1 aromatic carbocycles. The van der Waals surface area contributed by atoms with E-state index in [0.29, 0.717) is 24.2 Å². The molecule has 22 heavy (non-hydrogen) atoms. The molecule has 2 nitrogen and oxygen atoms in total. The standard InChI is InChI=1S/C20H29NO/c1-15-9-8-12-20(3,4)19(15)18(22)13-16(2)21-14-17-10-6-5-7-11-17/h5-11,15-16,19,21H,12-14H2,1-4H3/p+1. The van der Waals surface area contributed by atoms with Crippen molar-refractivity contribution in [2.75, 3.05) is 0 Å². The minimum atomic E-state index is 0.0877. The summed E-state index contributed by atoms with van der Waals surface area (Å²) in [6.07, 6.45) is 6.13. The lowest BCUT2D eigenvalue weighted by Crippen LogP contribution is -2.88. The zero-order chi connectivity index (χ0) is 16.2. The minimum absolute atomic E-state index is 0.0877. The Kier molecular flexibility index (Phi) is 5.57. The molecule has 0 fully saturated rings. The fourth-order valence-corrected chi connectivity index (χ4v) is 3.74. The lowest BCUT2D eigenvalue weighted by molar-refractivity contribution is -0.700. The molecule has 120 valence electrons. The Morgan fingerprint density at radius 2 is 2.00 bits per heavy atom. The molecule has 2 rings (SSSR count). The van der Waals surface area contributed by atoms with E-state index in [4.69, 9.17) is 0 Å². The Hall–Kier alpha value is -1.41. The molecule has 1 aliphatic carbocycles. The van der Waals surface area contributed by atoms with Gasteiger partial charge in [-0.2, -0.15) is 0 Å². The second-order valence-electron chi connectivity index (χ2n) is 7.53. The van der Waals surface area contributed by atoms with Crippen LogP contribution in [0.25, 0.3) is 0 Å². The summed E-state index contributed by atoms with van der Waals surface area (Å²) in [6.45, 7) is 9.75. The third kappa shape index (κ3) is 4.30. The summed E-state index contributed by atoms with van der Waals surface area (Å²) in [5, 5.41) is 2.28. The number of hydrogen-bond donors (Lipinski definition) is 1. The molecule has 0 heterocycles. The summed E-state index contributed by atoms with van der Waals surface area (Å²) < 4.78 is 0. The Labute approximate surface area is 135 Å². The van der Waals surface area contributed by atoms with Crippen molar-refractivity contribution in [3.63, 3.8) is 0 Å². The van der Waals surface area contributed by atoms with Crippen molar-refractivity contribution in [3.8, 4) is 0 Å². The Morgan fingerprint density at radius 3 is 2.64 bits per heavy atom. The van der Waals surface area contributed by atoms with Crippen LogP contribution in [-0.2, 0) is 11.3 Å². The van der Waals surface area contributed by atoms with Crippen molar-refractivity contribution < 1.29 is 10.1 Å². The van der Waals surface area contributed by atoms with Crippen molar-refractivity contribution >= 4 is 5.78 Å². The molecule has 0 aromatic heterocycles. The van der Waals surface area contributed by atoms with E-state index in [1.165, 1.54) is 5.56 Å². The topological polar surface area (TPSA) is 33.7 Å². The maximum Gasteiger partial charge on any atom is 0.142 e. The summed E-state index contributed by atoms with van der Waals surface area (Å²) in [4.78, 5) is 12.8. The van der Waals surface area contributed by atoms with E-state index in [9.17, 15) is 4.79 Å². The molecule has 1 aromatic rings. The number of carbonyl (C=O) groups is 1. The number of hydrogen-bond acceptors (Lipinski definition) is 1. The lowest BCUT2D eigenvalue weighted by atomic mass is 9.65. The number of carbonyl (C=O) groups excluding carboxylic acids is 1. The molecule has 0 amide bonds. The summed E-state index contributed by atoms with van der Waals surface area (Å²) >= 11 is 0. The largest absolute Gasteiger partial charge is 0.340 e. The van der Waals surface area contributed by atoms with Gasteiger partial charge in [0, 0.05) is 11.5 Å². The highest BCUT2D eigenvalue weighted by molar-refractivity contribution is 5.82. The molecular weight excluding hydrogens is 270 g/mol. The van der Waals surface area contributed by atoms with Gasteiger partial charge in [0.1, 0.15) is 12.3 Å². The van der Waals surface area contributed by atoms with Gasteiger partial charge in [0.25, 0.3) is 0 Å². The average molecular weight is 300 g/mol. The van der Waals surface area contributed by atoms with Crippen LogP contribution >= 0.6 is 0 Å². The molecule has 0 saturated carbocycles. The Bertz CT molecular complexity index is 518. The van der Waals surface area contributed by atoms with Crippen LogP contribution in [0, 0.1) is 17.3 Å². The van der Waals surface area contributed by atoms with Gasteiger partial charge in [-0.05, 0) is 24.7 Å². The van der Waals surface area contributed by atoms with E-state index in [0.717, 1.165) is 13.0 Å². The van der Waals surface area contributed by atoms with Crippen LogP contribution in [0.15, 0.2) is 42.5 Å². The van der Waals surface area contributed by atoms with Crippen LogP contribution < -0.4 is 5.32 Å². The highest BCUT2D eigenvalue weighted by Crippen LogP contribution is 2.41. The van der Waals surface area contributed by atoms with E-state index in [1.807, 2.05) is 6.07 Å². The van der Waals surface area contributed by atoms with Gasteiger partial charge in [-0.1, -0.05) is 63.3 Å². The van der Waals surface area contributed by atoms with Crippen LogP contribution in [0.3, 0.4) is 0 Å². The molecule has 2 N–H and O–H groups in total. The van der Waals surface area contributed by atoms with E-state index in [-0.39, 0.29) is 11.3 Å². The fraction of sp³-hybridized carbons (Fsp3) is 0.550. The van der Waals surface area contributed by atoms with Crippen LogP contribution in [0.1, 0.15) is 46.1 Å². The molecule has 3 unspecified atom stereocenters. The third-order valence-electron chi connectivity index (χ3n) is 4.92. The van der Waals surface area contributed by atoms with E-state index < -0.39 is 0 Å². The molecular formula is C20H30NO+. The summed E-state index contributed by atoms with van der Waals surface area (Å²) in [7, 11) is 0. The van der Waals surface area contributed by atoms with Crippen LogP contribution in [0.2, 0.25) is 0 Å². The zero-order valence-corrected chi connectivity index (χ0v) is 14.4.